The second-order valence-corrected chi connectivity index (χ2v) is 7.82. The molecule has 0 amide bonds. The summed E-state index contributed by atoms with van der Waals surface area (Å²) < 4.78 is 30.5. The van der Waals surface area contributed by atoms with Crippen molar-refractivity contribution in [1.82, 2.24) is 10.3 Å². The average molecular weight is 446 g/mol. The lowest BCUT2D eigenvalue weighted by Gasteiger charge is -2.06. The van der Waals surface area contributed by atoms with Crippen LogP contribution in [-0.2, 0) is 24.4 Å². The standard InChI is InChI=1S/C12H19IN2O4S2/c13-11-4-5-12(15-10-11)18-8-3-1-2-6-14-7-9-19-21(16,17)20/h4-5,10,14H,1-3,6-9H2,(H,16,17,20). The van der Waals surface area contributed by atoms with Gasteiger partial charge in [-0.2, -0.15) is 4.21 Å². The summed E-state index contributed by atoms with van der Waals surface area (Å²) in [6, 6.07) is 3.82. The molecule has 1 aromatic rings. The van der Waals surface area contributed by atoms with E-state index in [-0.39, 0.29) is 6.61 Å². The molecular formula is C12H19IN2O4S2. The lowest BCUT2D eigenvalue weighted by molar-refractivity contribution is 0.290. The second kappa shape index (κ2) is 10.6. The number of halogens is 1. The lowest BCUT2D eigenvalue weighted by Crippen LogP contribution is -2.22. The molecule has 0 bridgehead atoms. The highest BCUT2D eigenvalue weighted by atomic mass is 127. The van der Waals surface area contributed by atoms with Crippen molar-refractivity contribution in [3.63, 3.8) is 0 Å². The summed E-state index contributed by atoms with van der Waals surface area (Å²) in [4.78, 5) is 4.16. The largest absolute Gasteiger partial charge is 0.478 e. The van der Waals surface area contributed by atoms with E-state index >= 15 is 0 Å². The van der Waals surface area contributed by atoms with Crippen LogP contribution < -0.4 is 10.1 Å². The number of hydrogen-bond acceptors (Lipinski definition) is 6. The highest BCUT2D eigenvalue weighted by Crippen LogP contribution is 2.09. The molecule has 0 aromatic carbocycles. The van der Waals surface area contributed by atoms with Gasteiger partial charge in [-0.1, -0.05) is 0 Å². The lowest BCUT2D eigenvalue weighted by atomic mass is 10.2. The predicted molar refractivity (Wildman–Crippen MR) is 93.3 cm³/mol. The molecule has 1 aromatic heterocycles. The maximum absolute atomic E-state index is 10.6. The quantitative estimate of drug-likeness (QED) is 0.398. The Bertz CT molecular complexity index is 496. The smallest absolute Gasteiger partial charge is 0.266 e. The molecule has 0 aliphatic heterocycles. The van der Waals surface area contributed by atoms with Gasteiger partial charge < -0.3 is 10.1 Å². The molecule has 2 N–H and O–H groups in total. The van der Waals surface area contributed by atoms with E-state index in [9.17, 15) is 4.21 Å². The minimum absolute atomic E-state index is 0.139. The molecule has 0 saturated carbocycles. The Balaban J connectivity index is 1.90. The van der Waals surface area contributed by atoms with Crippen molar-refractivity contribution in [3.05, 3.63) is 21.9 Å². The molecule has 0 fully saturated rings. The van der Waals surface area contributed by atoms with Gasteiger partial charge in [-0.3, -0.25) is 8.74 Å². The number of aromatic nitrogens is 1. The maximum Gasteiger partial charge on any atom is 0.266 e. The van der Waals surface area contributed by atoms with Crippen molar-refractivity contribution >= 4 is 42.8 Å². The zero-order chi connectivity index (χ0) is 15.6. The summed E-state index contributed by atoms with van der Waals surface area (Å²) in [6.45, 7) is 2.13. The molecule has 21 heavy (non-hydrogen) atoms. The van der Waals surface area contributed by atoms with Crippen LogP contribution in [0, 0.1) is 3.57 Å². The molecule has 6 nitrogen and oxygen atoms in total. The van der Waals surface area contributed by atoms with Crippen molar-refractivity contribution in [2.24, 2.45) is 0 Å². The van der Waals surface area contributed by atoms with E-state index in [1.807, 2.05) is 12.1 Å². The molecule has 120 valence electrons. The summed E-state index contributed by atoms with van der Waals surface area (Å²) in [6.07, 6.45) is 4.78. The molecule has 9 heteroatoms. The van der Waals surface area contributed by atoms with Crippen molar-refractivity contribution in [1.29, 1.82) is 0 Å². The zero-order valence-electron chi connectivity index (χ0n) is 11.5. The van der Waals surface area contributed by atoms with Gasteiger partial charge in [0.25, 0.3) is 9.05 Å². The van der Waals surface area contributed by atoms with Crippen LogP contribution in [0.4, 0.5) is 0 Å². The van der Waals surface area contributed by atoms with Crippen LogP contribution in [-0.4, -0.2) is 40.0 Å². The van der Waals surface area contributed by atoms with Gasteiger partial charge in [-0.05, 0) is 54.5 Å². The van der Waals surface area contributed by atoms with Crippen molar-refractivity contribution in [2.75, 3.05) is 26.3 Å². The van der Waals surface area contributed by atoms with Gasteiger partial charge in [0, 0.05) is 33.6 Å². The highest BCUT2D eigenvalue weighted by Gasteiger charge is 1.98. The number of pyridine rings is 1. The van der Waals surface area contributed by atoms with Crippen LogP contribution in [0.25, 0.3) is 0 Å². The van der Waals surface area contributed by atoms with Gasteiger partial charge in [0.15, 0.2) is 0 Å². The molecule has 1 unspecified atom stereocenters. The predicted octanol–water partition coefficient (Wildman–Crippen LogP) is 1.98. The van der Waals surface area contributed by atoms with Gasteiger partial charge >= 0.3 is 0 Å². The number of rotatable bonds is 11. The van der Waals surface area contributed by atoms with Crippen LogP contribution >= 0.6 is 22.6 Å². The fraction of sp³-hybridized carbons (Fsp3) is 0.583. The maximum atomic E-state index is 10.6. The Labute approximate surface area is 143 Å². The second-order valence-electron chi connectivity index (χ2n) is 4.22. The minimum Gasteiger partial charge on any atom is -0.478 e. The summed E-state index contributed by atoms with van der Waals surface area (Å²) in [5.74, 6) is 0.655. The molecule has 1 rings (SSSR count). The molecule has 0 aliphatic rings. The van der Waals surface area contributed by atoms with E-state index in [2.05, 4.69) is 48.3 Å². The minimum atomic E-state index is -3.49. The third-order valence-corrected chi connectivity index (χ3v) is 3.85. The van der Waals surface area contributed by atoms with Gasteiger partial charge in [0.1, 0.15) is 0 Å². The van der Waals surface area contributed by atoms with Crippen molar-refractivity contribution < 1.29 is 17.7 Å². The first kappa shape index (κ1) is 19.0. The fourth-order valence-corrected chi connectivity index (χ4v) is 2.31. The number of nitrogens with zero attached hydrogens (tertiary/aromatic N) is 1. The summed E-state index contributed by atoms with van der Waals surface area (Å²) in [5.41, 5.74) is 0. The monoisotopic (exact) mass is 446 g/mol. The van der Waals surface area contributed by atoms with Crippen LogP contribution in [0.5, 0.6) is 5.88 Å². The SMILES string of the molecule is O=S(O)(=S)OCCNCCCCCOc1ccc(I)cn1. The number of ether oxygens (including phenoxy) is 1. The van der Waals surface area contributed by atoms with Gasteiger partial charge in [-0.25, -0.2) is 4.98 Å². The first-order chi connectivity index (χ1) is 9.97. The van der Waals surface area contributed by atoms with E-state index < -0.39 is 9.05 Å². The van der Waals surface area contributed by atoms with Crippen LogP contribution in [0.15, 0.2) is 18.3 Å². The highest BCUT2D eigenvalue weighted by molar-refractivity contribution is 14.1. The van der Waals surface area contributed by atoms with Gasteiger partial charge in [-0.15, -0.1) is 0 Å². The van der Waals surface area contributed by atoms with Crippen LogP contribution in [0.1, 0.15) is 19.3 Å². The van der Waals surface area contributed by atoms with E-state index in [1.165, 1.54) is 0 Å². The summed E-state index contributed by atoms with van der Waals surface area (Å²) in [5, 5.41) is 3.11. The zero-order valence-corrected chi connectivity index (χ0v) is 15.3. The Morgan fingerprint density at radius 2 is 2.10 bits per heavy atom. The number of unbranched alkanes of at least 4 members (excludes halogenated alkanes) is 2. The normalized spacial score (nSPS) is 13.8. The van der Waals surface area contributed by atoms with Gasteiger partial charge in [0.2, 0.25) is 5.88 Å². The molecule has 0 saturated heterocycles. The topological polar surface area (TPSA) is 80.7 Å². The molecule has 1 heterocycles. The third-order valence-electron chi connectivity index (χ3n) is 2.46. The summed E-state index contributed by atoms with van der Waals surface area (Å²) in [7, 11) is -3.49. The van der Waals surface area contributed by atoms with Gasteiger partial charge in [0.05, 0.1) is 13.2 Å². The summed E-state index contributed by atoms with van der Waals surface area (Å²) >= 11 is 6.40. The van der Waals surface area contributed by atoms with Crippen molar-refractivity contribution in [3.8, 4) is 5.88 Å². The molecule has 0 radical (unpaired) electrons. The van der Waals surface area contributed by atoms with Crippen LogP contribution in [0.2, 0.25) is 0 Å². The first-order valence-corrected chi connectivity index (χ1v) is 9.99. The Morgan fingerprint density at radius 1 is 1.29 bits per heavy atom. The number of nitrogens with one attached hydrogen (secondary N) is 1. The fourth-order valence-electron chi connectivity index (χ4n) is 1.50. The van der Waals surface area contributed by atoms with E-state index in [1.54, 1.807) is 6.20 Å². The number of hydrogen-bond donors (Lipinski definition) is 2. The van der Waals surface area contributed by atoms with E-state index in [0.29, 0.717) is 19.0 Å². The Kier molecular flexibility index (Phi) is 9.60. The molecule has 0 spiro atoms. The van der Waals surface area contributed by atoms with Crippen LogP contribution in [0.3, 0.4) is 0 Å². The average Bonchev–Trinajstić information content (AvgIpc) is 2.42. The van der Waals surface area contributed by atoms with E-state index in [0.717, 1.165) is 29.4 Å². The Hall–Kier alpha value is -0.0700. The Morgan fingerprint density at radius 3 is 2.76 bits per heavy atom. The molecular weight excluding hydrogens is 427 g/mol. The van der Waals surface area contributed by atoms with Crippen molar-refractivity contribution in [2.45, 2.75) is 19.3 Å². The molecule has 1 atom stereocenters. The molecule has 0 aliphatic carbocycles. The first-order valence-electron chi connectivity index (χ1n) is 6.54. The third kappa shape index (κ3) is 11.2. The van der Waals surface area contributed by atoms with E-state index in [4.69, 9.17) is 9.29 Å².